The highest BCUT2D eigenvalue weighted by Crippen LogP contribution is 2.31. The van der Waals surface area contributed by atoms with Gasteiger partial charge in [0.15, 0.2) is 0 Å². The molecule has 1 aliphatic rings. The van der Waals surface area contributed by atoms with Crippen LogP contribution in [0.25, 0.3) is 0 Å². The van der Waals surface area contributed by atoms with Crippen molar-refractivity contribution in [2.45, 2.75) is 38.2 Å². The first-order valence-corrected chi connectivity index (χ1v) is 7.24. The van der Waals surface area contributed by atoms with Crippen LogP contribution < -0.4 is 5.32 Å². The Hall–Kier alpha value is -1.88. The standard InChI is InChI=1S/C16H21NO4/c1-11-5-4-8-16(21,9-11)10-17-14(18)12-6-2-3-7-13(12)15(19)20/h2-3,6-7,11,21H,4-5,8-10H2,1H3,(H,17,18)(H,19,20). The van der Waals surface area contributed by atoms with Crippen LogP contribution >= 0.6 is 0 Å². The van der Waals surface area contributed by atoms with E-state index in [4.69, 9.17) is 5.11 Å². The Kier molecular flexibility index (Phi) is 4.63. The van der Waals surface area contributed by atoms with E-state index in [0.29, 0.717) is 18.8 Å². The Balaban J connectivity index is 2.04. The molecule has 0 aromatic heterocycles. The number of hydrogen-bond donors (Lipinski definition) is 3. The van der Waals surface area contributed by atoms with Gasteiger partial charge in [-0.1, -0.05) is 31.9 Å². The summed E-state index contributed by atoms with van der Waals surface area (Å²) >= 11 is 0. The molecule has 1 saturated carbocycles. The summed E-state index contributed by atoms with van der Waals surface area (Å²) in [5.74, 6) is -1.16. The number of carbonyl (C=O) groups excluding carboxylic acids is 1. The molecule has 5 heteroatoms. The maximum Gasteiger partial charge on any atom is 0.336 e. The molecule has 1 aliphatic carbocycles. The highest BCUT2D eigenvalue weighted by atomic mass is 16.4. The molecule has 0 radical (unpaired) electrons. The zero-order valence-corrected chi connectivity index (χ0v) is 12.1. The summed E-state index contributed by atoms with van der Waals surface area (Å²) in [6.45, 7) is 2.25. The Morgan fingerprint density at radius 3 is 2.62 bits per heavy atom. The Morgan fingerprint density at radius 1 is 1.33 bits per heavy atom. The van der Waals surface area contributed by atoms with E-state index in [1.165, 1.54) is 12.1 Å². The third kappa shape index (κ3) is 3.82. The molecular weight excluding hydrogens is 270 g/mol. The van der Waals surface area contributed by atoms with Crippen molar-refractivity contribution >= 4 is 11.9 Å². The highest BCUT2D eigenvalue weighted by Gasteiger charge is 2.33. The predicted octanol–water partition coefficient (Wildman–Crippen LogP) is 2.06. The van der Waals surface area contributed by atoms with Crippen molar-refractivity contribution in [3.05, 3.63) is 35.4 Å². The van der Waals surface area contributed by atoms with Crippen LogP contribution in [0.3, 0.4) is 0 Å². The minimum Gasteiger partial charge on any atom is -0.478 e. The van der Waals surface area contributed by atoms with E-state index in [1.54, 1.807) is 12.1 Å². The van der Waals surface area contributed by atoms with Crippen LogP contribution in [0, 0.1) is 5.92 Å². The lowest BCUT2D eigenvalue weighted by Crippen LogP contribution is -2.46. The van der Waals surface area contributed by atoms with Gasteiger partial charge in [0.25, 0.3) is 5.91 Å². The van der Waals surface area contributed by atoms with Crippen molar-refractivity contribution in [2.24, 2.45) is 5.92 Å². The van der Waals surface area contributed by atoms with Crippen LogP contribution in [0.1, 0.15) is 53.3 Å². The third-order valence-electron chi connectivity index (χ3n) is 4.05. The minimum absolute atomic E-state index is 0.0287. The van der Waals surface area contributed by atoms with Gasteiger partial charge < -0.3 is 15.5 Å². The lowest BCUT2D eigenvalue weighted by molar-refractivity contribution is -0.0109. The van der Waals surface area contributed by atoms with Gasteiger partial charge in [-0.05, 0) is 30.9 Å². The second-order valence-electron chi connectivity index (χ2n) is 5.96. The summed E-state index contributed by atoms with van der Waals surface area (Å²) in [4.78, 5) is 23.3. The molecule has 0 bridgehead atoms. The molecule has 2 unspecified atom stereocenters. The lowest BCUT2D eigenvalue weighted by Gasteiger charge is -2.35. The highest BCUT2D eigenvalue weighted by molar-refractivity contribution is 6.04. The molecule has 2 atom stereocenters. The minimum atomic E-state index is -1.13. The van der Waals surface area contributed by atoms with Gasteiger partial charge in [0.2, 0.25) is 0 Å². The number of amides is 1. The third-order valence-corrected chi connectivity index (χ3v) is 4.05. The van der Waals surface area contributed by atoms with Crippen LogP contribution in [0.5, 0.6) is 0 Å². The molecule has 114 valence electrons. The van der Waals surface area contributed by atoms with Crippen LogP contribution in [0.15, 0.2) is 24.3 Å². The summed E-state index contributed by atoms with van der Waals surface area (Å²) in [5, 5.41) is 22.2. The second kappa shape index (κ2) is 6.26. The fourth-order valence-electron chi connectivity index (χ4n) is 3.00. The fourth-order valence-corrected chi connectivity index (χ4v) is 3.00. The number of nitrogens with one attached hydrogen (secondary N) is 1. The summed E-state index contributed by atoms with van der Waals surface area (Å²) in [7, 11) is 0. The molecule has 3 N–H and O–H groups in total. The number of carboxylic acids is 1. The molecule has 0 heterocycles. The van der Waals surface area contributed by atoms with Crippen LogP contribution in [0.2, 0.25) is 0 Å². The van der Waals surface area contributed by atoms with Gasteiger partial charge in [-0.25, -0.2) is 4.79 Å². The zero-order valence-electron chi connectivity index (χ0n) is 12.1. The van der Waals surface area contributed by atoms with Crippen LogP contribution in [-0.2, 0) is 0 Å². The smallest absolute Gasteiger partial charge is 0.336 e. The molecule has 1 fully saturated rings. The molecule has 0 saturated heterocycles. The molecule has 21 heavy (non-hydrogen) atoms. The van der Waals surface area contributed by atoms with Gasteiger partial charge >= 0.3 is 5.97 Å². The first kappa shape index (κ1) is 15.5. The average Bonchev–Trinajstić information content (AvgIpc) is 2.44. The largest absolute Gasteiger partial charge is 0.478 e. The van der Waals surface area contributed by atoms with Crippen molar-refractivity contribution < 1.29 is 19.8 Å². The van der Waals surface area contributed by atoms with Gasteiger partial charge in [-0.15, -0.1) is 0 Å². The summed E-state index contributed by atoms with van der Waals surface area (Å²) in [5.41, 5.74) is -0.789. The number of rotatable bonds is 4. The quantitative estimate of drug-likeness (QED) is 0.792. The molecule has 5 nitrogen and oxygen atoms in total. The zero-order chi connectivity index (χ0) is 15.5. The first-order valence-electron chi connectivity index (χ1n) is 7.24. The molecule has 2 rings (SSSR count). The van der Waals surface area contributed by atoms with Gasteiger partial charge in [0.05, 0.1) is 16.7 Å². The van der Waals surface area contributed by atoms with Crippen molar-refractivity contribution in [3.8, 4) is 0 Å². The molecule has 1 aromatic rings. The van der Waals surface area contributed by atoms with E-state index < -0.39 is 17.5 Å². The van der Waals surface area contributed by atoms with Crippen molar-refractivity contribution in [1.29, 1.82) is 0 Å². The molecular formula is C16H21NO4. The van der Waals surface area contributed by atoms with E-state index in [0.717, 1.165) is 12.8 Å². The Morgan fingerprint density at radius 2 is 2.00 bits per heavy atom. The van der Waals surface area contributed by atoms with Gasteiger partial charge in [-0.3, -0.25) is 4.79 Å². The molecule has 1 amide bonds. The molecule has 0 aliphatic heterocycles. The van der Waals surface area contributed by atoms with E-state index in [2.05, 4.69) is 12.2 Å². The maximum atomic E-state index is 12.2. The molecule has 0 spiro atoms. The topological polar surface area (TPSA) is 86.6 Å². The summed E-state index contributed by atoms with van der Waals surface area (Å²) in [6.07, 6.45) is 3.36. The van der Waals surface area contributed by atoms with E-state index in [1.807, 2.05) is 0 Å². The van der Waals surface area contributed by atoms with E-state index >= 15 is 0 Å². The Labute approximate surface area is 124 Å². The fraction of sp³-hybridized carbons (Fsp3) is 0.500. The van der Waals surface area contributed by atoms with Crippen molar-refractivity contribution in [2.75, 3.05) is 6.54 Å². The molecule has 1 aromatic carbocycles. The first-order chi connectivity index (χ1) is 9.91. The number of aromatic carboxylic acids is 1. The van der Waals surface area contributed by atoms with Gasteiger partial charge in [0.1, 0.15) is 0 Å². The summed E-state index contributed by atoms with van der Waals surface area (Å²) < 4.78 is 0. The van der Waals surface area contributed by atoms with E-state index in [9.17, 15) is 14.7 Å². The average molecular weight is 291 g/mol. The number of carbonyl (C=O) groups is 2. The summed E-state index contributed by atoms with van der Waals surface area (Å²) in [6, 6.07) is 6.08. The number of aliphatic hydroxyl groups is 1. The normalized spacial score (nSPS) is 25.3. The monoisotopic (exact) mass is 291 g/mol. The Bertz CT molecular complexity index is 543. The maximum absolute atomic E-state index is 12.2. The van der Waals surface area contributed by atoms with E-state index in [-0.39, 0.29) is 17.7 Å². The number of benzene rings is 1. The van der Waals surface area contributed by atoms with Crippen LogP contribution in [0.4, 0.5) is 0 Å². The lowest BCUT2D eigenvalue weighted by atomic mass is 9.79. The van der Waals surface area contributed by atoms with Gasteiger partial charge in [-0.2, -0.15) is 0 Å². The number of carboxylic acid groups (broad SMARTS) is 1. The second-order valence-corrected chi connectivity index (χ2v) is 5.96. The van der Waals surface area contributed by atoms with Crippen molar-refractivity contribution in [3.63, 3.8) is 0 Å². The SMILES string of the molecule is CC1CCCC(O)(CNC(=O)c2ccccc2C(=O)O)C1. The predicted molar refractivity (Wildman–Crippen MR) is 78.3 cm³/mol. The van der Waals surface area contributed by atoms with Crippen LogP contribution in [-0.4, -0.2) is 34.2 Å². The van der Waals surface area contributed by atoms with Gasteiger partial charge in [0, 0.05) is 6.54 Å². The number of hydrogen-bond acceptors (Lipinski definition) is 3. The van der Waals surface area contributed by atoms with Crippen molar-refractivity contribution in [1.82, 2.24) is 5.32 Å².